The van der Waals surface area contributed by atoms with Crippen LogP contribution < -0.4 is 19.5 Å². The zero-order valence-electron chi connectivity index (χ0n) is 18.9. The molecule has 0 aromatic heterocycles. The number of carbonyl (C=O) groups excluding carboxylic acids is 3. The summed E-state index contributed by atoms with van der Waals surface area (Å²) in [7, 11) is 1.48. The monoisotopic (exact) mass is 594 g/mol. The van der Waals surface area contributed by atoms with Crippen LogP contribution in [-0.4, -0.2) is 43.1 Å². The van der Waals surface area contributed by atoms with Gasteiger partial charge in [0.25, 0.3) is 11.8 Å². The minimum Gasteiger partial charge on any atom is -0.495 e. The van der Waals surface area contributed by atoms with Gasteiger partial charge in [0, 0.05) is 10.0 Å². The van der Waals surface area contributed by atoms with E-state index in [1.165, 1.54) is 13.2 Å². The van der Waals surface area contributed by atoms with Gasteiger partial charge in [-0.25, -0.2) is 4.79 Å². The van der Waals surface area contributed by atoms with Gasteiger partial charge in [-0.1, -0.05) is 28.9 Å². The SMILES string of the molecule is CCCOc1ccc(CN2C(=O)NC(=O)/C(=C\c3cc(Br)cc(Br)c3OC)C2=O)cc1OCC. The lowest BCUT2D eigenvalue weighted by Gasteiger charge is -2.27. The van der Waals surface area contributed by atoms with Crippen molar-refractivity contribution in [2.45, 2.75) is 26.8 Å². The van der Waals surface area contributed by atoms with Crippen molar-refractivity contribution >= 4 is 55.8 Å². The van der Waals surface area contributed by atoms with Crippen LogP contribution >= 0.6 is 31.9 Å². The Kier molecular flexibility index (Phi) is 8.73. The highest BCUT2D eigenvalue weighted by molar-refractivity contribution is 9.11. The van der Waals surface area contributed by atoms with E-state index in [4.69, 9.17) is 14.2 Å². The average molecular weight is 596 g/mol. The largest absolute Gasteiger partial charge is 0.495 e. The van der Waals surface area contributed by atoms with E-state index in [0.717, 1.165) is 15.8 Å². The van der Waals surface area contributed by atoms with Gasteiger partial charge in [0.2, 0.25) is 0 Å². The van der Waals surface area contributed by atoms with Crippen molar-refractivity contribution in [3.05, 3.63) is 56.0 Å². The number of benzene rings is 2. The van der Waals surface area contributed by atoms with Gasteiger partial charge in [0.15, 0.2) is 11.5 Å². The van der Waals surface area contributed by atoms with Crippen LogP contribution in [0.2, 0.25) is 0 Å². The normalized spacial score (nSPS) is 14.9. The van der Waals surface area contributed by atoms with Gasteiger partial charge in [-0.05, 0) is 65.2 Å². The number of nitrogens with one attached hydrogen (secondary N) is 1. The zero-order valence-corrected chi connectivity index (χ0v) is 22.1. The Morgan fingerprint density at radius 2 is 1.79 bits per heavy atom. The lowest BCUT2D eigenvalue weighted by molar-refractivity contribution is -0.130. The molecule has 10 heteroatoms. The summed E-state index contributed by atoms with van der Waals surface area (Å²) in [5.41, 5.74) is 0.954. The van der Waals surface area contributed by atoms with E-state index in [0.29, 0.717) is 46.1 Å². The summed E-state index contributed by atoms with van der Waals surface area (Å²) in [5, 5.41) is 2.23. The molecule has 0 unspecified atom stereocenters. The van der Waals surface area contributed by atoms with Crippen molar-refractivity contribution < 1.29 is 28.6 Å². The third-order valence-electron chi connectivity index (χ3n) is 4.84. The van der Waals surface area contributed by atoms with Crippen molar-refractivity contribution in [1.29, 1.82) is 0 Å². The van der Waals surface area contributed by atoms with E-state index < -0.39 is 17.8 Å². The highest BCUT2D eigenvalue weighted by atomic mass is 79.9. The molecule has 1 fully saturated rings. The third kappa shape index (κ3) is 5.79. The summed E-state index contributed by atoms with van der Waals surface area (Å²) in [6, 6.07) is 7.92. The van der Waals surface area contributed by atoms with Gasteiger partial charge in [-0.2, -0.15) is 0 Å². The van der Waals surface area contributed by atoms with Crippen molar-refractivity contribution in [3.8, 4) is 17.2 Å². The van der Waals surface area contributed by atoms with Crippen LogP contribution in [0.5, 0.6) is 17.2 Å². The number of hydrogen-bond donors (Lipinski definition) is 1. The van der Waals surface area contributed by atoms with Gasteiger partial charge in [-0.3, -0.25) is 19.8 Å². The Hall–Kier alpha value is -2.85. The summed E-state index contributed by atoms with van der Waals surface area (Å²) in [4.78, 5) is 39.2. The maximum atomic E-state index is 13.2. The molecule has 0 bridgehead atoms. The Labute approximate surface area is 214 Å². The summed E-state index contributed by atoms with van der Waals surface area (Å²) in [5.74, 6) is 0.0708. The summed E-state index contributed by atoms with van der Waals surface area (Å²) in [6.45, 7) is 4.78. The molecule has 1 N–H and O–H groups in total. The van der Waals surface area contributed by atoms with Gasteiger partial charge < -0.3 is 14.2 Å². The summed E-state index contributed by atoms with van der Waals surface area (Å²) >= 11 is 6.79. The number of barbiturate groups is 1. The quantitative estimate of drug-likeness (QED) is 0.321. The molecule has 8 nitrogen and oxygen atoms in total. The van der Waals surface area contributed by atoms with Crippen molar-refractivity contribution in [2.24, 2.45) is 0 Å². The second-order valence-electron chi connectivity index (χ2n) is 7.28. The van der Waals surface area contributed by atoms with Gasteiger partial charge in [-0.15, -0.1) is 0 Å². The van der Waals surface area contributed by atoms with Crippen molar-refractivity contribution in [3.63, 3.8) is 0 Å². The second kappa shape index (κ2) is 11.5. The highest BCUT2D eigenvalue weighted by Gasteiger charge is 2.36. The third-order valence-corrected chi connectivity index (χ3v) is 5.88. The molecule has 180 valence electrons. The first-order chi connectivity index (χ1) is 16.3. The lowest BCUT2D eigenvalue weighted by atomic mass is 10.1. The van der Waals surface area contributed by atoms with Crippen molar-refractivity contribution in [1.82, 2.24) is 10.2 Å². The number of imide groups is 2. The molecule has 4 amide bonds. The molecule has 0 saturated carbocycles. The molecule has 34 heavy (non-hydrogen) atoms. The molecule has 1 heterocycles. The summed E-state index contributed by atoms with van der Waals surface area (Å²) in [6.07, 6.45) is 2.25. The first kappa shape index (κ1) is 25.8. The van der Waals surface area contributed by atoms with Crippen LogP contribution in [0.25, 0.3) is 6.08 Å². The molecule has 0 atom stereocenters. The van der Waals surface area contributed by atoms with Crippen LogP contribution in [0.3, 0.4) is 0 Å². The first-order valence-electron chi connectivity index (χ1n) is 10.6. The van der Waals surface area contributed by atoms with E-state index >= 15 is 0 Å². The maximum Gasteiger partial charge on any atom is 0.331 e. The number of rotatable bonds is 9. The number of urea groups is 1. The average Bonchev–Trinajstić information content (AvgIpc) is 2.79. The van der Waals surface area contributed by atoms with Gasteiger partial charge >= 0.3 is 6.03 Å². The number of amides is 4. The Balaban J connectivity index is 1.93. The van der Waals surface area contributed by atoms with E-state index in [9.17, 15) is 14.4 Å². The molecule has 2 aromatic carbocycles. The molecular formula is C24H24Br2N2O6. The Morgan fingerprint density at radius 3 is 2.47 bits per heavy atom. The minimum absolute atomic E-state index is 0.0528. The Morgan fingerprint density at radius 1 is 1.03 bits per heavy atom. The second-order valence-corrected chi connectivity index (χ2v) is 9.05. The van der Waals surface area contributed by atoms with Crippen LogP contribution in [0, 0.1) is 0 Å². The molecule has 0 spiro atoms. The fourth-order valence-corrected chi connectivity index (χ4v) is 4.75. The van der Waals surface area contributed by atoms with Crippen LogP contribution in [0.15, 0.2) is 44.9 Å². The number of carbonyl (C=O) groups is 3. The van der Waals surface area contributed by atoms with E-state index in [-0.39, 0.29) is 12.1 Å². The highest BCUT2D eigenvalue weighted by Crippen LogP contribution is 2.35. The number of halogens is 2. The molecule has 1 saturated heterocycles. The molecule has 1 aliphatic rings. The Bertz CT molecular complexity index is 1150. The predicted molar refractivity (Wildman–Crippen MR) is 134 cm³/mol. The van der Waals surface area contributed by atoms with Crippen LogP contribution in [0.4, 0.5) is 4.79 Å². The molecular weight excluding hydrogens is 572 g/mol. The fraction of sp³-hybridized carbons (Fsp3) is 0.292. The zero-order chi connectivity index (χ0) is 24.8. The van der Waals surface area contributed by atoms with Crippen LogP contribution in [0.1, 0.15) is 31.4 Å². The number of hydrogen-bond acceptors (Lipinski definition) is 6. The predicted octanol–water partition coefficient (Wildman–Crippen LogP) is 5.07. The molecule has 0 radical (unpaired) electrons. The van der Waals surface area contributed by atoms with Gasteiger partial charge in [0.1, 0.15) is 11.3 Å². The van der Waals surface area contributed by atoms with E-state index in [2.05, 4.69) is 37.2 Å². The topological polar surface area (TPSA) is 94.2 Å². The maximum absolute atomic E-state index is 13.2. The van der Waals surface area contributed by atoms with E-state index in [1.807, 2.05) is 13.8 Å². The number of methoxy groups -OCH3 is 1. The lowest BCUT2D eigenvalue weighted by Crippen LogP contribution is -2.53. The molecule has 1 aliphatic heterocycles. The van der Waals surface area contributed by atoms with E-state index in [1.54, 1.807) is 30.3 Å². The first-order valence-corrected chi connectivity index (χ1v) is 12.2. The standard InChI is InChI=1S/C24H24Br2N2O6/c1-4-8-34-19-7-6-14(9-20(19)33-5-2)13-28-23(30)17(22(29)27-24(28)31)11-15-10-16(25)12-18(26)21(15)32-3/h6-7,9-12H,4-5,8,13H2,1-3H3,(H,27,29,31)/b17-11+. The van der Waals surface area contributed by atoms with Crippen LogP contribution in [-0.2, 0) is 16.1 Å². The minimum atomic E-state index is -0.793. The van der Waals surface area contributed by atoms with Crippen molar-refractivity contribution in [2.75, 3.05) is 20.3 Å². The molecule has 0 aliphatic carbocycles. The smallest absolute Gasteiger partial charge is 0.331 e. The fourth-order valence-electron chi connectivity index (χ4n) is 3.33. The summed E-state index contributed by atoms with van der Waals surface area (Å²) < 4.78 is 18.1. The van der Waals surface area contributed by atoms with Gasteiger partial charge in [0.05, 0.1) is 31.3 Å². The number of nitrogens with zero attached hydrogens (tertiary/aromatic N) is 1. The molecule has 3 rings (SSSR count). The number of ether oxygens (including phenoxy) is 3. The molecule has 2 aromatic rings.